The molecule has 0 spiro atoms. The second-order valence-corrected chi connectivity index (χ2v) is 5.75. The Kier molecular flexibility index (Phi) is 5.56. The number of carbonyl (C=O) groups excluding carboxylic acids is 1. The number of anilines is 1. The summed E-state index contributed by atoms with van der Waals surface area (Å²) in [7, 11) is 1.59. The molecule has 0 saturated carbocycles. The summed E-state index contributed by atoms with van der Waals surface area (Å²) in [6.45, 7) is 0. The number of halogens is 1. The van der Waals surface area contributed by atoms with Gasteiger partial charge >= 0.3 is 0 Å². The third-order valence-corrected chi connectivity index (χ3v) is 3.68. The third-order valence-electron chi connectivity index (χ3n) is 3.15. The van der Waals surface area contributed by atoms with E-state index < -0.39 is 0 Å². The van der Waals surface area contributed by atoms with Crippen LogP contribution in [0.5, 0.6) is 5.75 Å². The van der Waals surface area contributed by atoms with Gasteiger partial charge in [0.1, 0.15) is 10.6 Å². The summed E-state index contributed by atoms with van der Waals surface area (Å²) in [4.78, 5) is 12.1. The van der Waals surface area contributed by atoms with E-state index in [1.165, 1.54) is 0 Å². The van der Waals surface area contributed by atoms with Crippen LogP contribution >= 0.6 is 15.9 Å². The molecule has 0 heterocycles. The zero-order valence-electron chi connectivity index (χ0n) is 12.0. The van der Waals surface area contributed by atoms with Crippen molar-refractivity contribution in [2.45, 2.75) is 11.2 Å². The van der Waals surface area contributed by atoms with Crippen molar-refractivity contribution in [1.29, 1.82) is 5.26 Å². The number of carbonyl (C=O) groups is 1. The molecule has 0 aliphatic carbocycles. The SMILES string of the molecule is COc1ccc(NC(=O)c2ccccc2C[C@@H](Br)C#N)cc1. The molecule has 0 aliphatic heterocycles. The van der Waals surface area contributed by atoms with Gasteiger partial charge in [0.05, 0.1) is 13.2 Å². The molecule has 2 aromatic carbocycles. The Hall–Kier alpha value is -2.32. The molecule has 1 atom stereocenters. The molecular formula is C17H15BrN2O2. The molecule has 0 fully saturated rings. The van der Waals surface area contributed by atoms with Crippen molar-refractivity contribution in [2.24, 2.45) is 0 Å². The summed E-state index contributed by atoms with van der Waals surface area (Å²) in [6, 6.07) is 16.5. The smallest absolute Gasteiger partial charge is 0.255 e. The molecule has 2 rings (SSSR count). The fraction of sp³-hybridized carbons (Fsp3) is 0.176. The number of hydrogen-bond acceptors (Lipinski definition) is 3. The molecule has 4 nitrogen and oxygen atoms in total. The fourth-order valence-electron chi connectivity index (χ4n) is 2.03. The van der Waals surface area contributed by atoms with Crippen LogP contribution in [0, 0.1) is 11.3 Å². The van der Waals surface area contributed by atoms with Gasteiger partial charge in [-0.15, -0.1) is 0 Å². The molecule has 5 heteroatoms. The van der Waals surface area contributed by atoms with Gasteiger partial charge in [-0.3, -0.25) is 4.79 Å². The van der Waals surface area contributed by atoms with Crippen LogP contribution in [0.25, 0.3) is 0 Å². The number of methoxy groups -OCH3 is 1. The summed E-state index contributed by atoms with van der Waals surface area (Å²) in [5, 5.41) is 11.7. The second-order valence-electron chi connectivity index (χ2n) is 4.64. The average Bonchev–Trinajstić information content (AvgIpc) is 2.55. The molecule has 1 amide bonds. The number of hydrogen-bond donors (Lipinski definition) is 1. The number of benzene rings is 2. The van der Waals surface area contributed by atoms with Crippen molar-refractivity contribution < 1.29 is 9.53 Å². The summed E-state index contributed by atoms with van der Waals surface area (Å²) in [6.07, 6.45) is 0.475. The first-order chi connectivity index (χ1) is 10.6. The average molecular weight is 359 g/mol. The minimum atomic E-state index is -0.317. The maximum Gasteiger partial charge on any atom is 0.255 e. The lowest BCUT2D eigenvalue weighted by Gasteiger charge is -2.11. The minimum absolute atomic E-state index is 0.196. The number of nitrogens with zero attached hydrogens (tertiary/aromatic N) is 1. The Morgan fingerprint density at radius 3 is 2.59 bits per heavy atom. The van der Waals surface area contributed by atoms with E-state index in [9.17, 15) is 4.79 Å². The zero-order chi connectivity index (χ0) is 15.9. The van der Waals surface area contributed by atoms with Crippen LogP contribution in [0.1, 0.15) is 15.9 Å². The molecule has 0 bridgehead atoms. The lowest BCUT2D eigenvalue weighted by molar-refractivity contribution is 0.102. The number of rotatable bonds is 5. The number of ether oxygens (including phenoxy) is 1. The Morgan fingerprint density at radius 1 is 1.27 bits per heavy atom. The van der Waals surface area contributed by atoms with Gasteiger partial charge in [0.15, 0.2) is 0 Å². The van der Waals surface area contributed by atoms with Crippen LogP contribution in [0.15, 0.2) is 48.5 Å². The molecule has 1 N–H and O–H groups in total. The zero-order valence-corrected chi connectivity index (χ0v) is 13.6. The van der Waals surface area contributed by atoms with Gasteiger partial charge in [0.2, 0.25) is 0 Å². The van der Waals surface area contributed by atoms with Crippen molar-refractivity contribution in [3.05, 3.63) is 59.7 Å². The van der Waals surface area contributed by atoms with Gasteiger partial charge in [0.25, 0.3) is 5.91 Å². The van der Waals surface area contributed by atoms with Crippen molar-refractivity contribution >= 4 is 27.5 Å². The molecular weight excluding hydrogens is 344 g/mol. The van der Waals surface area contributed by atoms with E-state index in [-0.39, 0.29) is 10.7 Å². The molecule has 22 heavy (non-hydrogen) atoms. The van der Waals surface area contributed by atoms with Crippen molar-refractivity contribution in [3.8, 4) is 11.8 Å². The molecule has 0 unspecified atom stereocenters. The number of amides is 1. The lowest BCUT2D eigenvalue weighted by Crippen LogP contribution is -2.15. The Morgan fingerprint density at radius 2 is 1.95 bits per heavy atom. The van der Waals surface area contributed by atoms with Gasteiger partial charge in [-0.25, -0.2) is 0 Å². The highest BCUT2D eigenvalue weighted by Crippen LogP contribution is 2.18. The van der Waals surface area contributed by atoms with Gasteiger partial charge in [-0.2, -0.15) is 5.26 Å². The molecule has 2 aromatic rings. The van der Waals surface area contributed by atoms with Crippen molar-refractivity contribution in [3.63, 3.8) is 0 Å². The van der Waals surface area contributed by atoms with Crippen LogP contribution in [-0.4, -0.2) is 17.8 Å². The largest absolute Gasteiger partial charge is 0.497 e. The first-order valence-corrected chi connectivity index (χ1v) is 7.62. The van der Waals surface area contributed by atoms with E-state index in [1.807, 2.05) is 18.2 Å². The van der Waals surface area contributed by atoms with Crippen molar-refractivity contribution in [2.75, 3.05) is 12.4 Å². The molecule has 112 valence electrons. The van der Waals surface area contributed by atoms with E-state index in [1.54, 1.807) is 37.4 Å². The number of nitriles is 1. The topological polar surface area (TPSA) is 62.1 Å². The van der Waals surface area contributed by atoms with Crippen LogP contribution in [0.3, 0.4) is 0 Å². The lowest BCUT2D eigenvalue weighted by atomic mass is 10.0. The molecule has 0 aliphatic rings. The normalized spacial score (nSPS) is 11.3. The first-order valence-electron chi connectivity index (χ1n) is 6.71. The second kappa shape index (κ2) is 7.62. The van der Waals surface area contributed by atoms with Crippen LogP contribution in [-0.2, 0) is 6.42 Å². The predicted octanol–water partition coefficient (Wildman–Crippen LogP) is 3.78. The van der Waals surface area contributed by atoms with E-state index in [0.29, 0.717) is 17.7 Å². The van der Waals surface area contributed by atoms with Crippen LogP contribution in [0.4, 0.5) is 5.69 Å². The summed E-state index contributed by atoms with van der Waals surface area (Å²) in [5.74, 6) is 0.535. The highest BCUT2D eigenvalue weighted by Gasteiger charge is 2.14. The van der Waals surface area contributed by atoms with Gasteiger partial charge in [-0.05, 0) is 42.3 Å². The standard InChI is InChI=1S/C17H15BrN2O2/c1-22-15-8-6-14(7-9-15)20-17(21)16-5-3-2-4-12(16)10-13(18)11-19/h2-9,13H,10H2,1H3,(H,20,21)/t13-/m1/s1. The monoisotopic (exact) mass is 358 g/mol. The summed E-state index contributed by atoms with van der Waals surface area (Å²) in [5.41, 5.74) is 2.09. The molecule has 0 radical (unpaired) electrons. The predicted molar refractivity (Wildman–Crippen MR) is 89.4 cm³/mol. The maximum absolute atomic E-state index is 12.4. The van der Waals surface area contributed by atoms with E-state index in [4.69, 9.17) is 10.00 Å². The highest BCUT2D eigenvalue weighted by molar-refractivity contribution is 9.09. The Bertz CT molecular complexity index is 693. The first kappa shape index (κ1) is 16.1. The van der Waals surface area contributed by atoms with Gasteiger partial charge in [0, 0.05) is 11.3 Å². The Labute approximate surface area is 137 Å². The van der Waals surface area contributed by atoms with E-state index >= 15 is 0 Å². The van der Waals surface area contributed by atoms with Gasteiger partial charge < -0.3 is 10.1 Å². The van der Waals surface area contributed by atoms with Crippen LogP contribution < -0.4 is 10.1 Å². The summed E-state index contributed by atoms with van der Waals surface area (Å²) < 4.78 is 5.09. The minimum Gasteiger partial charge on any atom is -0.497 e. The van der Waals surface area contributed by atoms with Crippen molar-refractivity contribution in [1.82, 2.24) is 0 Å². The summed E-state index contributed by atoms with van der Waals surface area (Å²) >= 11 is 3.27. The molecule has 0 aromatic heterocycles. The quantitative estimate of drug-likeness (QED) is 0.827. The number of nitrogens with one attached hydrogen (secondary N) is 1. The number of alkyl halides is 1. The Balaban J connectivity index is 2.16. The van der Waals surface area contributed by atoms with E-state index in [2.05, 4.69) is 27.3 Å². The van der Waals surface area contributed by atoms with Crippen LogP contribution in [0.2, 0.25) is 0 Å². The maximum atomic E-state index is 12.4. The van der Waals surface area contributed by atoms with E-state index in [0.717, 1.165) is 11.3 Å². The van der Waals surface area contributed by atoms with Gasteiger partial charge in [-0.1, -0.05) is 34.1 Å². The third kappa shape index (κ3) is 4.09. The molecule has 0 saturated heterocycles. The highest BCUT2D eigenvalue weighted by atomic mass is 79.9. The fourth-order valence-corrected chi connectivity index (χ4v) is 2.38.